The normalized spacial score (nSPS) is 17.2. The molecule has 1 heterocycles. The molecule has 0 radical (unpaired) electrons. The third-order valence-electron chi connectivity index (χ3n) is 3.40. The van der Waals surface area contributed by atoms with Crippen molar-refractivity contribution in [1.29, 1.82) is 0 Å². The summed E-state index contributed by atoms with van der Waals surface area (Å²) in [5.41, 5.74) is 9.25. The van der Waals surface area contributed by atoms with Crippen molar-refractivity contribution >= 4 is 17.4 Å². The molecule has 0 aromatic heterocycles. The molecule has 1 atom stereocenters. The average molecular weight is 271 g/mol. The first-order chi connectivity index (χ1) is 9.24. The maximum Gasteiger partial charge on any atom is 0.142 e. The summed E-state index contributed by atoms with van der Waals surface area (Å²) in [6.07, 6.45) is 0. The minimum atomic E-state index is 0.460. The molecule has 2 N–H and O–H groups in total. The van der Waals surface area contributed by atoms with Gasteiger partial charge in [-0.2, -0.15) is 0 Å². The highest BCUT2D eigenvalue weighted by Crippen LogP contribution is 2.39. The second-order valence-corrected chi connectivity index (χ2v) is 5.96. The van der Waals surface area contributed by atoms with Crippen molar-refractivity contribution in [3.05, 3.63) is 53.6 Å². The molecule has 98 valence electrons. The van der Waals surface area contributed by atoms with Crippen LogP contribution in [0.3, 0.4) is 0 Å². The summed E-state index contributed by atoms with van der Waals surface area (Å²) in [6, 6.07) is 14.5. The van der Waals surface area contributed by atoms with E-state index in [4.69, 9.17) is 10.5 Å². The Morgan fingerprint density at radius 3 is 2.95 bits per heavy atom. The monoisotopic (exact) mass is 271 g/mol. The van der Waals surface area contributed by atoms with Crippen molar-refractivity contribution in [2.45, 2.75) is 17.7 Å². The zero-order chi connectivity index (χ0) is 13.2. The van der Waals surface area contributed by atoms with Gasteiger partial charge in [0.1, 0.15) is 5.75 Å². The third-order valence-corrected chi connectivity index (χ3v) is 4.66. The Morgan fingerprint density at radius 1 is 1.26 bits per heavy atom. The summed E-state index contributed by atoms with van der Waals surface area (Å²) in [5, 5.41) is 0. The number of rotatable bonds is 3. The highest BCUT2D eigenvalue weighted by Gasteiger charge is 2.23. The van der Waals surface area contributed by atoms with Gasteiger partial charge in [-0.05, 0) is 36.2 Å². The lowest BCUT2D eigenvalue weighted by Crippen LogP contribution is -2.10. The van der Waals surface area contributed by atoms with E-state index in [1.54, 1.807) is 0 Å². The molecule has 3 rings (SSSR count). The van der Waals surface area contributed by atoms with Crippen LogP contribution in [-0.4, -0.2) is 12.4 Å². The van der Waals surface area contributed by atoms with E-state index in [9.17, 15) is 0 Å². The van der Waals surface area contributed by atoms with E-state index < -0.39 is 0 Å². The quantitative estimate of drug-likeness (QED) is 0.861. The number of anilines is 1. The zero-order valence-corrected chi connectivity index (χ0v) is 11.7. The van der Waals surface area contributed by atoms with Gasteiger partial charge in [0.2, 0.25) is 0 Å². The Kier molecular flexibility index (Phi) is 3.38. The Bertz CT molecular complexity index is 597. The van der Waals surface area contributed by atoms with E-state index in [2.05, 4.69) is 24.3 Å². The fraction of sp³-hybridized carbons (Fsp3) is 0.250. The van der Waals surface area contributed by atoms with E-state index in [0.29, 0.717) is 12.5 Å². The SMILES string of the molecule is Cc1ccc(OCC2CSc3ccccc32)c(N)c1. The number of benzene rings is 2. The van der Waals surface area contributed by atoms with E-state index >= 15 is 0 Å². The van der Waals surface area contributed by atoms with Gasteiger partial charge in [-0.15, -0.1) is 11.8 Å². The maximum absolute atomic E-state index is 5.97. The Labute approximate surface area is 118 Å². The largest absolute Gasteiger partial charge is 0.491 e. The molecular formula is C16H17NOS. The molecule has 2 nitrogen and oxygen atoms in total. The van der Waals surface area contributed by atoms with Gasteiger partial charge >= 0.3 is 0 Å². The van der Waals surface area contributed by atoms with Crippen molar-refractivity contribution in [2.24, 2.45) is 0 Å². The summed E-state index contributed by atoms with van der Waals surface area (Å²) in [4.78, 5) is 1.38. The number of thioether (sulfide) groups is 1. The number of fused-ring (bicyclic) bond motifs is 1. The van der Waals surface area contributed by atoms with Gasteiger partial charge in [0.25, 0.3) is 0 Å². The highest BCUT2D eigenvalue weighted by molar-refractivity contribution is 7.99. The second kappa shape index (κ2) is 5.17. The number of hydrogen-bond acceptors (Lipinski definition) is 3. The molecule has 0 spiro atoms. The summed E-state index contributed by atoms with van der Waals surface area (Å²) in [7, 11) is 0. The van der Waals surface area contributed by atoms with E-state index in [0.717, 1.165) is 22.8 Å². The van der Waals surface area contributed by atoms with Gasteiger partial charge in [0.15, 0.2) is 0 Å². The van der Waals surface area contributed by atoms with Crippen LogP contribution < -0.4 is 10.5 Å². The van der Waals surface area contributed by atoms with Crippen LogP contribution in [0.1, 0.15) is 17.0 Å². The van der Waals surface area contributed by atoms with Gasteiger partial charge in [-0.25, -0.2) is 0 Å². The number of aryl methyl sites for hydroxylation is 1. The first-order valence-electron chi connectivity index (χ1n) is 6.44. The molecule has 0 amide bonds. The molecule has 0 aliphatic carbocycles. The topological polar surface area (TPSA) is 35.2 Å². The fourth-order valence-corrected chi connectivity index (χ4v) is 3.59. The minimum absolute atomic E-state index is 0.460. The molecule has 1 aliphatic heterocycles. The predicted octanol–water partition coefficient (Wildman–Crippen LogP) is 3.85. The van der Waals surface area contributed by atoms with Crippen molar-refractivity contribution in [3.63, 3.8) is 0 Å². The Balaban J connectivity index is 1.71. The third kappa shape index (κ3) is 2.56. The molecule has 0 bridgehead atoms. The summed E-state index contributed by atoms with van der Waals surface area (Å²) in [5.74, 6) is 2.34. The fourth-order valence-electron chi connectivity index (χ4n) is 2.36. The van der Waals surface area contributed by atoms with E-state index in [1.165, 1.54) is 10.5 Å². The Morgan fingerprint density at radius 2 is 2.11 bits per heavy atom. The van der Waals surface area contributed by atoms with Crippen molar-refractivity contribution < 1.29 is 4.74 Å². The van der Waals surface area contributed by atoms with E-state index in [1.807, 2.05) is 36.9 Å². The summed E-state index contributed by atoms with van der Waals surface area (Å²) >= 11 is 1.91. The smallest absolute Gasteiger partial charge is 0.142 e. The van der Waals surface area contributed by atoms with Crippen LogP contribution in [0.4, 0.5) is 5.69 Å². The van der Waals surface area contributed by atoms with Crippen LogP contribution in [-0.2, 0) is 0 Å². The average Bonchev–Trinajstić information content (AvgIpc) is 2.81. The summed E-state index contributed by atoms with van der Waals surface area (Å²) in [6.45, 7) is 2.72. The minimum Gasteiger partial charge on any atom is -0.491 e. The number of hydrogen-bond donors (Lipinski definition) is 1. The van der Waals surface area contributed by atoms with Crippen LogP contribution in [0, 0.1) is 6.92 Å². The van der Waals surface area contributed by atoms with Crippen LogP contribution >= 0.6 is 11.8 Å². The first-order valence-corrected chi connectivity index (χ1v) is 7.43. The standard InChI is InChI=1S/C16H17NOS/c1-11-6-7-15(14(17)8-11)18-9-12-10-19-16-5-3-2-4-13(12)16/h2-8,12H,9-10,17H2,1H3. The van der Waals surface area contributed by atoms with Crippen molar-refractivity contribution in [2.75, 3.05) is 18.1 Å². The summed E-state index contributed by atoms with van der Waals surface area (Å²) < 4.78 is 5.89. The maximum atomic E-state index is 5.97. The molecule has 2 aromatic carbocycles. The molecule has 0 saturated carbocycles. The molecule has 19 heavy (non-hydrogen) atoms. The molecule has 3 heteroatoms. The van der Waals surface area contributed by atoms with Crippen LogP contribution in [0.15, 0.2) is 47.4 Å². The van der Waals surface area contributed by atoms with Gasteiger partial charge in [-0.3, -0.25) is 0 Å². The highest BCUT2D eigenvalue weighted by atomic mass is 32.2. The van der Waals surface area contributed by atoms with Gasteiger partial charge < -0.3 is 10.5 Å². The van der Waals surface area contributed by atoms with Gasteiger partial charge in [-0.1, -0.05) is 24.3 Å². The molecule has 0 fully saturated rings. The lowest BCUT2D eigenvalue weighted by Gasteiger charge is -2.14. The van der Waals surface area contributed by atoms with Crippen LogP contribution in [0.25, 0.3) is 0 Å². The number of nitrogens with two attached hydrogens (primary N) is 1. The van der Waals surface area contributed by atoms with Crippen molar-refractivity contribution in [1.82, 2.24) is 0 Å². The van der Waals surface area contributed by atoms with Gasteiger partial charge in [0.05, 0.1) is 12.3 Å². The number of ether oxygens (including phenoxy) is 1. The molecule has 2 aromatic rings. The predicted molar refractivity (Wildman–Crippen MR) is 81.0 cm³/mol. The molecular weight excluding hydrogens is 254 g/mol. The van der Waals surface area contributed by atoms with Crippen LogP contribution in [0.2, 0.25) is 0 Å². The van der Waals surface area contributed by atoms with E-state index in [-0.39, 0.29) is 0 Å². The molecule has 1 unspecified atom stereocenters. The second-order valence-electron chi connectivity index (χ2n) is 4.90. The zero-order valence-electron chi connectivity index (χ0n) is 10.9. The Hall–Kier alpha value is -1.61. The van der Waals surface area contributed by atoms with Crippen molar-refractivity contribution in [3.8, 4) is 5.75 Å². The van der Waals surface area contributed by atoms with Crippen LogP contribution in [0.5, 0.6) is 5.75 Å². The molecule has 1 aliphatic rings. The lowest BCUT2D eigenvalue weighted by atomic mass is 10.0. The van der Waals surface area contributed by atoms with Gasteiger partial charge in [0, 0.05) is 16.6 Å². The lowest BCUT2D eigenvalue weighted by molar-refractivity contribution is 0.299. The first kappa shape index (κ1) is 12.4. The number of nitrogen functional groups attached to an aromatic ring is 1. The molecule has 0 saturated heterocycles.